The Labute approximate surface area is 92.5 Å². The minimum Gasteiger partial charge on any atom is -0.395 e. The summed E-state index contributed by atoms with van der Waals surface area (Å²) in [6.45, 7) is 0.118. The van der Waals surface area contributed by atoms with E-state index in [1.165, 1.54) is 11.0 Å². The number of hydrogen-bond donors (Lipinski definition) is 1. The van der Waals surface area contributed by atoms with Crippen LogP contribution in [0.4, 0.5) is 8.78 Å². The zero-order chi connectivity index (χ0) is 12.1. The third-order valence-electron chi connectivity index (χ3n) is 2.27. The number of aliphatic hydroxyl groups excluding tert-OH is 1. The first-order valence-electron chi connectivity index (χ1n) is 4.75. The molecule has 0 saturated carbocycles. The fraction of sp³-hybridized carbons (Fsp3) is 0.364. The molecule has 1 rings (SSSR count). The van der Waals surface area contributed by atoms with E-state index in [0.717, 1.165) is 12.1 Å². The van der Waals surface area contributed by atoms with Gasteiger partial charge in [-0.1, -0.05) is 6.07 Å². The summed E-state index contributed by atoms with van der Waals surface area (Å²) in [5.41, 5.74) is 0.111. The van der Waals surface area contributed by atoms with Crippen molar-refractivity contribution in [2.75, 3.05) is 20.2 Å². The van der Waals surface area contributed by atoms with E-state index >= 15 is 0 Å². The number of benzene rings is 1. The average molecular weight is 226 g/mol. The number of nitrogens with zero attached hydrogens (tertiary/aromatic N) is 2. The normalized spacial score (nSPS) is 12.5. The zero-order valence-electron chi connectivity index (χ0n) is 8.82. The molecule has 0 aliphatic rings. The fourth-order valence-corrected chi connectivity index (χ4v) is 1.42. The molecule has 0 fully saturated rings. The van der Waals surface area contributed by atoms with Crippen LogP contribution in [-0.2, 0) is 0 Å². The maximum atomic E-state index is 13.4. The van der Waals surface area contributed by atoms with Crippen molar-refractivity contribution in [3.05, 3.63) is 35.4 Å². The molecule has 0 amide bonds. The minimum atomic E-state index is -0.826. The van der Waals surface area contributed by atoms with Crippen molar-refractivity contribution >= 4 is 0 Å². The third kappa shape index (κ3) is 2.75. The van der Waals surface area contributed by atoms with Crippen molar-refractivity contribution in [1.29, 1.82) is 5.26 Å². The van der Waals surface area contributed by atoms with Crippen LogP contribution >= 0.6 is 0 Å². The van der Waals surface area contributed by atoms with Crippen molar-refractivity contribution in [1.82, 2.24) is 4.90 Å². The molecule has 3 nitrogen and oxygen atoms in total. The molecule has 0 radical (unpaired) electrons. The van der Waals surface area contributed by atoms with Gasteiger partial charge >= 0.3 is 0 Å². The summed E-state index contributed by atoms with van der Waals surface area (Å²) in [5.74, 6) is -1.43. The fourth-order valence-electron chi connectivity index (χ4n) is 1.42. The molecule has 0 aliphatic heterocycles. The highest BCUT2D eigenvalue weighted by molar-refractivity contribution is 5.26. The van der Waals surface area contributed by atoms with Crippen LogP contribution < -0.4 is 0 Å². The minimum absolute atomic E-state index is 0.111. The largest absolute Gasteiger partial charge is 0.395 e. The van der Waals surface area contributed by atoms with Gasteiger partial charge in [-0.05, 0) is 13.1 Å². The molecule has 0 bridgehead atoms. The Morgan fingerprint density at radius 1 is 1.50 bits per heavy atom. The lowest BCUT2D eigenvalue weighted by Crippen LogP contribution is -2.27. The highest BCUT2D eigenvalue weighted by Gasteiger charge is 2.19. The van der Waals surface area contributed by atoms with Gasteiger partial charge in [-0.25, -0.2) is 8.78 Å². The van der Waals surface area contributed by atoms with Crippen LogP contribution in [0.25, 0.3) is 0 Å². The third-order valence-corrected chi connectivity index (χ3v) is 2.27. The van der Waals surface area contributed by atoms with Gasteiger partial charge < -0.3 is 5.11 Å². The summed E-state index contributed by atoms with van der Waals surface area (Å²) in [5, 5.41) is 17.7. The van der Waals surface area contributed by atoms with Crippen molar-refractivity contribution in [2.24, 2.45) is 0 Å². The van der Waals surface area contributed by atoms with Crippen molar-refractivity contribution in [2.45, 2.75) is 6.04 Å². The Morgan fingerprint density at radius 2 is 2.19 bits per heavy atom. The van der Waals surface area contributed by atoms with Crippen LogP contribution in [0.15, 0.2) is 18.2 Å². The Kier molecular flexibility index (Phi) is 4.35. The van der Waals surface area contributed by atoms with Gasteiger partial charge in [0, 0.05) is 18.2 Å². The van der Waals surface area contributed by atoms with Gasteiger partial charge in [0.25, 0.3) is 0 Å². The van der Waals surface area contributed by atoms with E-state index in [1.807, 2.05) is 6.07 Å². The molecule has 5 heteroatoms. The number of nitriles is 1. The standard InChI is InChI=1S/C11H12F2N2O/c1-15(4-5-16)11(7-14)9-3-2-8(12)6-10(9)13/h2-3,6,11,16H,4-5H2,1H3. The van der Waals surface area contributed by atoms with Gasteiger partial charge in [0.2, 0.25) is 0 Å². The summed E-state index contributed by atoms with van der Waals surface area (Å²) >= 11 is 0. The van der Waals surface area contributed by atoms with E-state index in [2.05, 4.69) is 0 Å². The summed E-state index contributed by atoms with van der Waals surface area (Å²) in [4.78, 5) is 1.50. The van der Waals surface area contributed by atoms with Gasteiger partial charge in [-0.2, -0.15) is 5.26 Å². The lowest BCUT2D eigenvalue weighted by atomic mass is 10.1. The molecule has 1 aromatic carbocycles. The lowest BCUT2D eigenvalue weighted by Gasteiger charge is -2.21. The van der Waals surface area contributed by atoms with Gasteiger partial charge in [0.15, 0.2) is 0 Å². The van der Waals surface area contributed by atoms with Crippen LogP contribution in [0, 0.1) is 23.0 Å². The maximum Gasteiger partial charge on any atom is 0.131 e. The zero-order valence-corrected chi connectivity index (χ0v) is 8.82. The molecule has 1 atom stereocenters. The van der Waals surface area contributed by atoms with E-state index in [0.29, 0.717) is 0 Å². The Balaban J connectivity index is 3.00. The first-order chi connectivity index (χ1) is 7.60. The molecule has 1 unspecified atom stereocenters. The predicted octanol–water partition coefficient (Wildman–Crippen LogP) is 1.45. The topological polar surface area (TPSA) is 47.3 Å². The highest BCUT2D eigenvalue weighted by Crippen LogP contribution is 2.21. The second-order valence-electron chi connectivity index (χ2n) is 3.40. The van der Waals surface area contributed by atoms with Crippen molar-refractivity contribution < 1.29 is 13.9 Å². The second kappa shape index (κ2) is 5.54. The van der Waals surface area contributed by atoms with Crippen LogP contribution in [0.1, 0.15) is 11.6 Å². The molecule has 0 aromatic heterocycles. The lowest BCUT2D eigenvalue weighted by molar-refractivity contribution is 0.201. The average Bonchev–Trinajstić information content (AvgIpc) is 2.22. The maximum absolute atomic E-state index is 13.4. The number of likely N-dealkylation sites (N-methyl/N-ethyl adjacent to an activating group) is 1. The molecule has 1 N–H and O–H groups in total. The SMILES string of the molecule is CN(CCO)C(C#N)c1ccc(F)cc1F. The van der Waals surface area contributed by atoms with Gasteiger partial charge in [0.1, 0.15) is 17.7 Å². The van der Waals surface area contributed by atoms with E-state index in [9.17, 15) is 8.78 Å². The van der Waals surface area contributed by atoms with Crippen LogP contribution in [-0.4, -0.2) is 30.2 Å². The summed E-state index contributed by atoms with van der Waals surface area (Å²) in [7, 11) is 1.59. The Morgan fingerprint density at radius 3 is 2.69 bits per heavy atom. The van der Waals surface area contributed by atoms with Crippen LogP contribution in [0.3, 0.4) is 0 Å². The quantitative estimate of drug-likeness (QED) is 0.845. The predicted molar refractivity (Wildman–Crippen MR) is 54.4 cm³/mol. The molecule has 0 aliphatic carbocycles. The first kappa shape index (κ1) is 12.6. The number of aliphatic hydroxyl groups is 1. The van der Waals surface area contributed by atoms with E-state index in [-0.39, 0.29) is 18.7 Å². The molecule has 86 valence electrons. The highest BCUT2D eigenvalue weighted by atomic mass is 19.1. The summed E-state index contributed by atoms with van der Waals surface area (Å²) < 4.78 is 26.1. The monoisotopic (exact) mass is 226 g/mol. The summed E-state index contributed by atoms with van der Waals surface area (Å²) in [6, 6.07) is 4.18. The Hall–Kier alpha value is -1.51. The molecule has 1 aromatic rings. The number of hydrogen-bond acceptors (Lipinski definition) is 3. The van der Waals surface area contributed by atoms with Gasteiger partial charge in [-0.3, -0.25) is 4.90 Å². The smallest absolute Gasteiger partial charge is 0.131 e. The van der Waals surface area contributed by atoms with E-state index in [4.69, 9.17) is 10.4 Å². The van der Waals surface area contributed by atoms with Crippen molar-refractivity contribution in [3.8, 4) is 6.07 Å². The Bertz CT molecular complexity index is 403. The molecule has 0 saturated heterocycles. The van der Waals surface area contributed by atoms with Crippen molar-refractivity contribution in [3.63, 3.8) is 0 Å². The first-order valence-corrected chi connectivity index (χ1v) is 4.75. The molecular formula is C11H12F2N2O. The molecule has 16 heavy (non-hydrogen) atoms. The molecule has 0 heterocycles. The van der Waals surface area contributed by atoms with Gasteiger partial charge in [-0.15, -0.1) is 0 Å². The molecular weight excluding hydrogens is 214 g/mol. The number of rotatable bonds is 4. The van der Waals surface area contributed by atoms with Crippen LogP contribution in [0.5, 0.6) is 0 Å². The second-order valence-corrected chi connectivity index (χ2v) is 3.40. The van der Waals surface area contributed by atoms with E-state index in [1.54, 1.807) is 7.05 Å². The van der Waals surface area contributed by atoms with Crippen LogP contribution in [0.2, 0.25) is 0 Å². The summed E-state index contributed by atoms with van der Waals surface area (Å²) in [6.07, 6.45) is 0. The van der Waals surface area contributed by atoms with Gasteiger partial charge in [0.05, 0.1) is 12.7 Å². The van der Waals surface area contributed by atoms with E-state index < -0.39 is 17.7 Å². The number of halogens is 2. The molecule has 0 spiro atoms.